The normalized spacial score (nSPS) is 20.1. The summed E-state index contributed by atoms with van der Waals surface area (Å²) in [6, 6.07) is 5.85. The molecule has 2 heterocycles. The van der Waals surface area contributed by atoms with E-state index in [4.69, 9.17) is 5.26 Å². The molecule has 16 heavy (non-hydrogen) atoms. The summed E-state index contributed by atoms with van der Waals surface area (Å²) in [6.45, 7) is 3.11. The van der Waals surface area contributed by atoms with Gasteiger partial charge in [0.05, 0.1) is 5.69 Å². The summed E-state index contributed by atoms with van der Waals surface area (Å²) in [5.74, 6) is 0.653. The molecule has 2 N–H and O–H groups in total. The van der Waals surface area contributed by atoms with Crippen molar-refractivity contribution in [2.45, 2.75) is 12.8 Å². The van der Waals surface area contributed by atoms with Gasteiger partial charge in [-0.3, -0.25) is 0 Å². The molecule has 0 spiro atoms. The number of nitriles is 1. The maximum atomic E-state index is 8.89. The molecule has 0 amide bonds. The van der Waals surface area contributed by atoms with Crippen LogP contribution in [0.25, 0.3) is 0 Å². The van der Waals surface area contributed by atoms with Gasteiger partial charge in [-0.1, -0.05) is 0 Å². The number of pyridine rings is 1. The molecule has 2 rings (SSSR count). The van der Waals surface area contributed by atoms with E-state index in [1.165, 1.54) is 12.8 Å². The SMILES string of the molecule is N#Cc1ncccc1NCC1CCCNC1. The summed E-state index contributed by atoms with van der Waals surface area (Å²) in [5.41, 5.74) is 1.32. The van der Waals surface area contributed by atoms with E-state index in [1.54, 1.807) is 6.20 Å². The van der Waals surface area contributed by atoms with Crippen LogP contribution in [-0.4, -0.2) is 24.6 Å². The van der Waals surface area contributed by atoms with Gasteiger partial charge in [0.25, 0.3) is 0 Å². The molecule has 1 aliphatic heterocycles. The number of nitrogens with zero attached hydrogens (tertiary/aromatic N) is 2. The summed E-state index contributed by atoms with van der Waals surface area (Å²) in [4.78, 5) is 4.02. The molecule has 0 radical (unpaired) electrons. The van der Waals surface area contributed by atoms with Crippen LogP contribution >= 0.6 is 0 Å². The van der Waals surface area contributed by atoms with Gasteiger partial charge in [-0.2, -0.15) is 5.26 Å². The predicted molar refractivity (Wildman–Crippen MR) is 63.0 cm³/mol. The molecule has 0 aliphatic carbocycles. The second-order valence-electron chi connectivity index (χ2n) is 4.10. The average molecular weight is 216 g/mol. The van der Waals surface area contributed by atoms with E-state index in [-0.39, 0.29) is 0 Å². The maximum absolute atomic E-state index is 8.89. The number of rotatable bonds is 3. The second-order valence-corrected chi connectivity index (χ2v) is 4.10. The van der Waals surface area contributed by atoms with E-state index in [9.17, 15) is 0 Å². The highest BCUT2D eigenvalue weighted by Crippen LogP contribution is 2.14. The summed E-state index contributed by atoms with van der Waals surface area (Å²) in [5, 5.41) is 15.6. The van der Waals surface area contributed by atoms with Gasteiger partial charge in [0.1, 0.15) is 6.07 Å². The van der Waals surface area contributed by atoms with E-state index < -0.39 is 0 Å². The van der Waals surface area contributed by atoms with Crippen molar-refractivity contribution >= 4 is 5.69 Å². The Hall–Kier alpha value is -1.60. The molecule has 1 aromatic heterocycles. The van der Waals surface area contributed by atoms with Crippen LogP contribution in [-0.2, 0) is 0 Å². The Bertz CT molecular complexity index is 377. The highest BCUT2D eigenvalue weighted by atomic mass is 14.9. The van der Waals surface area contributed by atoms with E-state index >= 15 is 0 Å². The van der Waals surface area contributed by atoms with Crippen LogP contribution in [0.1, 0.15) is 18.5 Å². The van der Waals surface area contributed by atoms with Gasteiger partial charge in [0.15, 0.2) is 5.69 Å². The third-order valence-corrected chi connectivity index (χ3v) is 2.89. The molecule has 84 valence electrons. The third-order valence-electron chi connectivity index (χ3n) is 2.89. The number of hydrogen-bond acceptors (Lipinski definition) is 4. The Balaban J connectivity index is 1.91. The average Bonchev–Trinajstić information content (AvgIpc) is 2.38. The number of piperidine rings is 1. The van der Waals surface area contributed by atoms with Gasteiger partial charge in [0, 0.05) is 12.7 Å². The molecule has 1 fully saturated rings. The van der Waals surface area contributed by atoms with Crippen molar-refractivity contribution < 1.29 is 0 Å². The van der Waals surface area contributed by atoms with Crippen molar-refractivity contribution in [3.05, 3.63) is 24.0 Å². The second kappa shape index (κ2) is 5.47. The van der Waals surface area contributed by atoms with Gasteiger partial charge in [-0.25, -0.2) is 4.98 Å². The number of hydrogen-bond donors (Lipinski definition) is 2. The standard InChI is InChI=1S/C12H16N4/c13-7-12-11(4-2-6-15-12)16-9-10-3-1-5-14-8-10/h2,4,6,10,14,16H,1,3,5,8-9H2. The third kappa shape index (κ3) is 2.71. The monoisotopic (exact) mass is 216 g/mol. The van der Waals surface area contributed by atoms with Gasteiger partial charge >= 0.3 is 0 Å². The topological polar surface area (TPSA) is 60.7 Å². The van der Waals surface area contributed by atoms with Gasteiger partial charge < -0.3 is 10.6 Å². The zero-order valence-electron chi connectivity index (χ0n) is 9.24. The van der Waals surface area contributed by atoms with Crippen LogP contribution < -0.4 is 10.6 Å². The lowest BCUT2D eigenvalue weighted by Gasteiger charge is -2.23. The fourth-order valence-electron chi connectivity index (χ4n) is 1.99. The minimum absolute atomic E-state index is 0.478. The molecular formula is C12H16N4. The molecule has 0 saturated carbocycles. The number of nitrogens with one attached hydrogen (secondary N) is 2. The Morgan fingerprint density at radius 3 is 3.31 bits per heavy atom. The molecule has 1 unspecified atom stereocenters. The molecule has 1 atom stereocenters. The van der Waals surface area contributed by atoms with Crippen molar-refractivity contribution in [2.75, 3.05) is 25.0 Å². The van der Waals surface area contributed by atoms with E-state index in [1.807, 2.05) is 12.1 Å². The lowest BCUT2D eigenvalue weighted by atomic mass is 10.00. The first kappa shape index (κ1) is 10.9. The molecule has 0 aromatic carbocycles. The van der Waals surface area contributed by atoms with Crippen LogP contribution in [0.3, 0.4) is 0 Å². The largest absolute Gasteiger partial charge is 0.382 e. The van der Waals surface area contributed by atoms with Gasteiger partial charge in [0.2, 0.25) is 0 Å². The Labute approximate surface area is 95.7 Å². The minimum atomic E-state index is 0.478. The molecule has 1 aliphatic rings. The first-order chi connectivity index (χ1) is 7.90. The zero-order valence-corrected chi connectivity index (χ0v) is 9.24. The molecular weight excluding hydrogens is 200 g/mol. The number of anilines is 1. The van der Waals surface area contributed by atoms with E-state index in [0.717, 1.165) is 25.3 Å². The summed E-state index contributed by atoms with van der Waals surface area (Å²) in [7, 11) is 0. The van der Waals surface area contributed by atoms with Crippen molar-refractivity contribution in [3.63, 3.8) is 0 Å². The Kier molecular flexibility index (Phi) is 3.73. The first-order valence-electron chi connectivity index (χ1n) is 5.70. The van der Waals surface area contributed by atoms with Crippen molar-refractivity contribution in [3.8, 4) is 6.07 Å². The quantitative estimate of drug-likeness (QED) is 0.801. The highest BCUT2D eigenvalue weighted by Gasteiger charge is 2.13. The summed E-state index contributed by atoms with van der Waals surface area (Å²) < 4.78 is 0. The van der Waals surface area contributed by atoms with E-state index in [0.29, 0.717) is 11.6 Å². The first-order valence-corrected chi connectivity index (χ1v) is 5.70. The van der Waals surface area contributed by atoms with Crippen molar-refractivity contribution in [1.29, 1.82) is 5.26 Å². The predicted octanol–water partition coefficient (Wildman–Crippen LogP) is 1.36. The summed E-state index contributed by atoms with van der Waals surface area (Å²) >= 11 is 0. The molecule has 1 saturated heterocycles. The van der Waals surface area contributed by atoms with Crippen LogP contribution in [0.15, 0.2) is 18.3 Å². The number of aromatic nitrogens is 1. The zero-order chi connectivity index (χ0) is 11.2. The fraction of sp³-hybridized carbons (Fsp3) is 0.500. The highest BCUT2D eigenvalue weighted by molar-refractivity contribution is 5.53. The minimum Gasteiger partial charge on any atom is -0.382 e. The molecule has 1 aromatic rings. The molecule has 4 nitrogen and oxygen atoms in total. The Morgan fingerprint density at radius 2 is 2.56 bits per heavy atom. The fourth-order valence-corrected chi connectivity index (χ4v) is 1.99. The van der Waals surface area contributed by atoms with Crippen LogP contribution in [0.4, 0.5) is 5.69 Å². The molecule has 4 heteroatoms. The van der Waals surface area contributed by atoms with Gasteiger partial charge in [-0.05, 0) is 44.0 Å². The van der Waals surface area contributed by atoms with E-state index in [2.05, 4.69) is 21.7 Å². The van der Waals surface area contributed by atoms with Crippen LogP contribution in [0.5, 0.6) is 0 Å². The van der Waals surface area contributed by atoms with Crippen molar-refractivity contribution in [1.82, 2.24) is 10.3 Å². The maximum Gasteiger partial charge on any atom is 0.163 e. The lowest BCUT2D eigenvalue weighted by Crippen LogP contribution is -2.33. The van der Waals surface area contributed by atoms with Gasteiger partial charge in [-0.15, -0.1) is 0 Å². The lowest BCUT2D eigenvalue weighted by molar-refractivity contribution is 0.393. The molecule has 0 bridgehead atoms. The van der Waals surface area contributed by atoms with Crippen LogP contribution in [0.2, 0.25) is 0 Å². The Morgan fingerprint density at radius 1 is 1.62 bits per heavy atom. The van der Waals surface area contributed by atoms with Crippen molar-refractivity contribution in [2.24, 2.45) is 5.92 Å². The smallest absolute Gasteiger partial charge is 0.163 e. The summed E-state index contributed by atoms with van der Waals surface area (Å²) in [6.07, 6.45) is 4.14. The van der Waals surface area contributed by atoms with Crippen LogP contribution in [0, 0.1) is 17.2 Å².